The van der Waals surface area contributed by atoms with E-state index in [-0.39, 0.29) is 11.8 Å². The monoisotopic (exact) mass is 276 g/mol. The fourth-order valence-electron chi connectivity index (χ4n) is 2.42. The molecule has 0 aliphatic carbocycles. The summed E-state index contributed by atoms with van der Waals surface area (Å²) in [6.45, 7) is 4.10. The van der Waals surface area contributed by atoms with Crippen molar-refractivity contribution in [3.05, 3.63) is 35.4 Å². The molecule has 4 nitrogen and oxygen atoms in total. The van der Waals surface area contributed by atoms with E-state index in [1.165, 1.54) is 16.4 Å². The molecule has 0 saturated carbocycles. The number of piperidine rings is 1. The smallest absolute Gasteiger partial charge is 0.268 e. The second-order valence-corrected chi connectivity index (χ2v) is 6.19. The van der Waals surface area contributed by atoms with Gasteiger partial charge in [0.1, 0.15) is 0 Å². The normalized spacial score (nSPS) is 21.0. The zero-order valence-corrected chi connectivity index (χ0v) is 11.7. The van der Waals surface area contributed by atoms with Crippen LogP contribution in [0, 0.1) is 5.92 Å². The number of hydrogen-bond acceptors (Lipinski definition) is 4. The third kappa shape index (κ3) is 2.28. The third-order valence-corrected chi connectivity index (χ3v) is 4.79. The van der Waals surface area contributed by atoms with Gasteiger partial charge in [0.25, 0.3) is 11.8 Å². The molecule has 2 amide bonds. The van der Waals surface area contributed by atoms with Gasteiger partial charge >= 0.3 is 0 Å². The Morgan fingerprint density at radius 2 is 1.58 bits per heavy atom. The fraction of sp³-hybridized carbons (Fsp3) is 0.429. The van der Waals surface area contributed by atoms with Gasteiger partial charge in [0, 0.05) is 13.1 Å². The number of amides is 2. The highest BCUT2D eigenvalue weighted by Crippen LogP contribution is 2.32. The molecule has 3 rings (SSSR count). The third-order valence-electron chi connectivity index (χ3n) is 3.70. The van der Waals surface area contributed by atoms with Crippen LogP contribution < -0.4 is 0 Å². The largest absolute Gasteiger partial charge is 0.272 e. The van der Waals surface area contributed by atoms with Crippen LogP contribution >= 0.6 is 12.1 Å². The Morgan fingerprint density at radius 3 is 2.11 bits per heavy atom. The summed E-state index contributed by atoms with van der Waals surface area (Å²) < 4.78 is 3.41. The lowest BCUT2D eigenvalue weighted by Gasteiger charge is -2.30. The van der Waals surface area contributed by atoms with Gasteiger partial charge in [-0.15, -0.1) is 0 Å². The fourth-order valence-corrected chi connectivity index (χ4v) is 3.37. The zero-order valence-electron chi connectivity index (χ0n) is 10.8. The number of carbonyl (C=O) groups excluding carboxylic acids is 2. The Morgan fingerprint density at radius 1 is 1.05 bits per heavy atom. The summed E-state index contributed by atoms with van der Waals surface area (Å²) >= 11 is 1.27. The van der Waals surface area contributed by atoms with E-state index in [4.69, 9.17) is 0 Å². The summed E-state index contributed by atoms with van der Waals surface area (Å²) in [5.41, 5.74) is 1.04. The van der Waals surface area contributed by atoms with Crippen molar-refractivity contribution in [3.8, 4) is 0 Å². The van der Waals surface area contributed by atoms with Gasteiger partial charge in [-0.3, -0.25) is 9.59 Å². The average molecular weight is 276 g/mol. The minimum Gasteiger partial charge on any atom is -0.268 e. The molecule has 1 fully saturated rings. The quantitative estimate of drug-likeness (QED) is 0.615. The van der Waals surface area contributed by atoms with E-state index in [0.717, 1.165) is 31.8 Å². The van der Waals surface area contributed by atoms with E-state index >= 15 is 0 Å². The van der Waals surface area contributed by atoms with Crippen LogP contribution in [0.4, 0.5) is 0 Å². The lowest BCUT2D eigenvalue weighted by Crippen LogP contribution is -2.34. The molecule has 0 N–H and O–H groups in total. The standard InChI is InChI=1S/C14H16N2O2S/c1-10-6-8-15(9-7-10)19-16-13(17)11-4-2-3-5-12(11)14(16)18/h2-5,10H,6-9H2,1H3. The molecule has 2 aliphatic rings. The van der Waals surface area contributed by atoms with Gasteiger partial charge in [0.05, 0.1) is 23.3 Å². The summed E-state index contributed by atoms with van der Waals surface area (Å²) in [5, 5.41) is 0. The van der Waals surface area contributed by atoms with Crippen molar-refractivity contribution in [2.24, 2.45) is 5.92 Å². The molecule has 5 heteroatoms. The molecule has 0 unspecified atom stereocenters. The molecule has 2 aliphatic heterocycles. The summed E-state index contributed by atoms with van der Waals surface area (Å²) in [6.07, 6.45) is 2.24. The van der Waals surface area contributed by atoms with E-state index in [1.807, 2.05) is 0 Å². The van der Waals surface area contributed by atoms with Gasteiger partial charge in [-0.2, -0.15) is 0 Å². The molecule has 1 aromatic carbocycles. The lowest BCUT2D eigenvalue weighted by molar-refractivity contribution is 0.0771. The van der Waals surface area contributed by atoms with Crippen LogP contribution in [0.1, 0.15) is 40.5 Å². The predicted molar refractivity (Wildman–Crippen MR) is 74.5 cm³/mol. The highest BCUT2D eigenvalue weighted by molar-refractivity contribution is 7.95. The topological polar surface area (TPSA) is 40.6 Å². The molecule has 0 atom stereocenters. The molecule has 1 saturated heterocycles. The van der Waals surface area contributed by atoms with Gasteiger partial charge < -0.3 is 0 Å². The highest BCUT2D eigenvalue weighted by atomic mass is 32.2. The Kier molecular flexibility index (Phi) is 3.33. The number of rotatable bonds is 2. The number of benzene rings is 1. The Bertz CT molecular complexity index is 489. The first kappa shape index (κ1) is 12.7. The van der Waals surface area contributed by atoms with Crippen LogP contribution in [0.3, 0.4) is 0 Å². The average Bonchev–Trinajstić information content (AvgIpc) is 2.67. The van der Waals surface area contributed by atoms with Gasteiger partial charge in [-0.05, 0) is 30.9 Å². The molecule has 0 bridgehead atoms. The summed E-state index contributed by atoms with van der Waals surface area (Å²) in [4.78, 5) is 24.4. The van der Waals surface area contributed by atoms with Crippen molar-refractivity contribution in [1.29, 1.82) is 0 Å². The van der Waals surface area contributed by atoms with Crippen LogP contribution in [-0.2, 0) is 0 Å². The van der Waals surface area contributed by atoms with Gasteiger partial charge in [0.2, 0.25) is 0 Å². The van der Waals surface area contributed by atoms with Crippen molar-refractivity contribution < 1.29 is 9.59 Å². The lowest BCUT2D eigenvalue weighted by atomic mass is 10.0. The maximum absolute atomic E-state index is 12.2. The first-order valence-electron chi connectivity index (χ1n) is 6.57. The van der Waals surface area contributed by atoms with E-state index in [9.17, 15) is 9.59 Å². The summed E-state index contributed by atoms with van der Waals surface area (Å²) in [5.74, 6) is 0.354. The van der Waals surface area contributed by atoms with Crippen LogP contribution in [0.5, 0.6) is 0 Å². The second kappa shape index (κ2) is 4.98. The molecule has 19 heavy (non-hydrogen) atoms. The zero-order chi connectivity index (χ0) is 13.4. The number of fused-ring (bicyclic) bond motifs is 1. The van der Waals surface area contributed by atoms with Crippen molar-refractivity contribution in [3.63, 3.8) is 0 Å². The van der Waals surface area contributed by atoms with E-state index < -0.39 is 0 Å². The van der Waals surface area contributed by atoms with Crippen molar-refractivity contribution in [2.45, 2.75) is 19.8 Å². The Balaban J connectivity index is 1.74. The van der Waals surface area contributed by atoms with Crippen molar-refractivity contribution in [1.82, 2.24) is 8.61 Å². The van der Waals surface area contributed by atoms with Crippen LogP contribution in [0.2, 0.25) is 0 Å². The van der Waals surface area contributed by atoms with Crippen LogP contribution in [-0.4, -0.2) is 33.5 Å². The number of carbonyl (C=O) groups is 2. The Hall–Kier alpha value is -1.33. The number of imide groups is 1. The molecule has 100 valence electrons. The Labute approximate surface area is 117 Å². The van der Waals surface area contributed by atoms with Crippen LogP contribution in [0.25, 0.3) is 0 Å². The minimum atomic E-state index is -0.191. The highest BCUT2D eigenvalue weighted by Gasteiger charge is 2.37. The molecule has 0 spiro atoms. The van der Waals surface area contributed by atoms with Crippen molar-refractivity contribution >= 4 is 23.9 Å². The summed E-state index contributed by atoms with van der Waals surface area (Å²) in [6, 6.07) is 7.02. The van der Waals surface area contributed by atoms with E-state index in [2.05, 4.69) is 11.2 Å². The first-order chi connectivity index (χ1) is 9.16. The first-order valence-corrected chi connectivity index (χ1v) is 7.30. The molecule has 1 aromatic rings. The molecule has 0 radical (unpaired) electrons. The second-order valence-electron chi connectivity index (χ2n) is 5.14. The van der Waals surface area contributed by atoms with Crippen molar-refractivity contribution in [2.75, 3.05) is 13.1 Å². The molecule has 0 aromatic heterocycles. The van der Waals surface area contributed by atoms with Gasteiger partial charge in [-0.25, -0.2) is 8.61 Å². The van der Waals surface area contributed by atoms with E-state index in [1.54, 1.807) is 24.3 Å². The molecular formula is C14H16N2O2S. The van der Waals surface area contributed by atoms with E-state index in [0.29, 0.717) is 11.1 Å². The maximum atomic E-state index is 12.2. The van der Waals surface area contributed by atoms with Crippen LogP contribution in [0.15, 0.2) is 24.3 Å². The number of nitrogens with zero attached hydrogens (tertiary/aromatic N) is 2. The predicted octanol–water partition coefficient (Wildman–Crippen LogP) is 2.58. The maximum Gasteiger partial charge on any atom is 0.272 e. The molecule has 2 heterocycles. The SMILES string of the molecule is CC1CCN(SN2C(=O)c3ccccc3C2=O)CC1. The molecular weight excluding hydrogens is 260 g/mol. The minimum absolute atomic E-state index is 0.191. The van der Waals surface area contributed by atoms with Gasteiger partial charge in [-0.1, -0.05) is 19.1 Å². The van der Waals surface area contributed by atoms with Gasteiger partial charge in [0.15, 0.2) is 0 Å². The number of hydrogen-bond donors (Lipinski definition) is 0. The summed E-state index contributed by atoms with van der Waals surface area (Å²) in [7, 11) is 0.